The van der Waals surface area contributed by atoms with Crippen LogP contribution in [0.5, 0.6) is 11.5 Å². The fourth-order valence-electron chi connectivity index (χ4n) is 8.60. The van der Waals surface area contributed by atoms with Crippen molar-refractivity contribution in [1.29, 1.82) is 0 Å². The first-order valence-corrected chi connectivity index (χ1v) is 13.1. The van der Waals surface area contributed by atoms with Gasteiger partial charge in [-0.2, -0.15) is 0 Å². The molecule has 208 valence electrons. The van der Waals surface area contributed by atoms with Gasteiger partial charge in [0, 0.05) is 42.9 Å². The lowest BCUT2D eigenvalue weighted by atomic mass is 9.45. The van der Waals surface area contributed by atoms with Crippen LogP contribution in [0, 0.1) is 18.3 Å². The van der Waals surface area contributed by atoms with Gasteiger partial charge in [0.05, 0.1) is 19.6 Å². The van der Waals surface area contributed by atoms with E-state index in [1.165, 1.54) is 21.1 Å². The number of benzene rings is 1. The number of aliphatic hydroxyl groups is 1. The average molecular weight is 533 g/mol. The molecule has 1 N–H and O–H groups in total. The van der Waals surface area contributed by atoms with Gasteiger partial charge in [-0.3, -0.25) is 4.79 Å². The van der Waals surface area contributed by atoms with E-state index in [2.05, 4.69) is 0 Å². The van der Waals surface area contributed by atoms with Crippen LogP contribution in [-0.4, -0.2) is 66.2 Å². The summed E-state index contributed by atoms with van der Waals surface area (Å²) in [5.41, 5.74) is -1.45. The molecular formula is C28H36O10. The van der Waals surface area contributed by atoms with Crippen LogP contribution < -0.4 is 9.47 Å². The number of carbonyl (C=O) groups is 2. The Bertz CT molecular complexity index is 1260. The van der Waals surface area contributed by atoms with E-state index in [1.807, 2.05) is 34.6 Å². The molecule has 1 saturated carbocycles. The van der Waals surface area contributed by atoms with E-state index < -0.39 is 52.3 Å². The second kappa shape index (κ2) is 7.62. The normalized spacial score (nSPS) is 41.7. The quantitative estimate of drug-likeness (QED) is 0.582. The highest BCUT2D eigenvalue weighted by atomic mass is 16.9. The van der Waals surface area contributed by atoms with Crippen molar-refractivity contribution >= 4 is 11.9 Å². The highest BCUT2D eigenvalue weighted by molar-refractivity contribution is 5.98. The summed E-state index contributed by atoms with van der Waals surface area (Å²) in [6.07, 6.45) is -0.990. The third-order valence-electron chi connectivity index (χ3n) is 10.0. The first kappa shape index (κ1) is 25.9. The molecule has 1 aromatic carbocycles. The number of carbonyl (C=O) groups excluding carboxylic acids is 2. The Balaban J connectivity index is 1.60. The molecule has 3 fully saturated rings. The molecule has 2 bridgehead atoms. The van der Waals surface area contributed by atoms with Crippen LogP contribution in [0.3, 0.4) is 0 Å². The Morgan fingerprint density at radius 2 is 1.79 bits per heavy atom. The van der Waals surface area contributed by atoms with Crippen molar-refractivity contribution in [3.8, 4) is 11.5 Å². The fraction of sp³-hybridized carbons (Fsp3) is 0.714. The summed E-state index contributed by atoms with van der Waals surface area (Å²) in [5, 5.41) is 12.0. The van der Waals surface area contributed by atoms with Gasteiger partial charge in [-0.1, -0.05) is 6.92 Å². The van der Waals surface area contributed by atoms with Crippen LogP contribution in [0.1, 0.15) is 74.5 Å². The first-order valence-electron chi connectivity index (χ1n) is 13.1. The van der Waals surface area contributed by atoms with Gasteiger partial charge in [-0.05, 0) is 39.7 Å². The van der Waals surface area contributed by atoms with Gasteiger partial charge >= 0.3 is 11.9 Å². The summed E-state index contributed by atoms with van der Waals surface area (Å²) in [5.74, 6) is -1.63. The predicted octanol–water partition coefficient (Wildman–Crippen LogP) is 2.95. The highest BCUT2D eigenvalue weighted by Crippen LogP contribution is 2.71. The van der Waals surface area contributed by atoms with Crippen LogP contribution >= 0.6 is 0 Å². The van der Waals surface area contributed by atoms with Crippen LogP contribution in [0.15, 0.2) is 0 Å². The minimum atomic E-state index is -1.48. The van der Waals surface area contributed by atoms with Crippen molar-refractivity contribution in [2.45, 2.75) is 102 Å². The summed E-state index contributed by atoms with van der Waals surface area (Å²) >= 11 is 0. The zero-order chi connectivity index (χ0) is 27.6. The second-order valence-electron chi connectivity index (χ2n) is 12.2. The van der Waals surface area contributed by atoms with Gasteiger partial charge in [0.2, 0.25) is 0 Å². The van der Waals surface area contributed by atoms with Crippen molar-refractivity contribution in [1.82, 2.24) is 0 Å². The number of esters is 2. The SMILES string of the molecule is COc1c2c(c(C)c3c1C(=O)OC3)O[C@@]1(C)C[C@@H](O)[C@@]34O[C@@](OC)(C[C@H](OC(C)=O)[C@]3(C)[C@@H]1C2)OC4(C)C. The maximum absolute atomic E-state index is 12.7. The monoisotopic (exact) mass is 532 g/mol. The van der Waals surface area contributed by atoms with Crippen LogP contribution in [-0.2, 0) is 41.5 Å². The summed E-state index contributed by atoms with van der Waals surface area (Å²) in [6, 6.07) is 0. The van der Waals surface area contributed by atoms with Crippen LogP contribution in [0.4, 0.5) is 0 Å². The van der Waals surface area contributed by atoms with E-state index in [-0.39, 0.29) is 25.4 Å². The molecule has 0 radical (unpaired) electrons. The molecule has 7 atom stereocenters. The molecule has 4 aliphatic heterocycles. The molecule has 2 saturated heterocycles. The fourth-order valence-corrected chi connectivity index (χ4v) is 8.60. The zero-order valence-electron chi connectivity index (χ0n) is 23.2. The predicted molar refractivity (Wildman–Crippen MR) is 131 cm³/mol. The van der Waals surface area contributed by atoms with Crippen molar-refractivity contribution < 1.29 is 47.9 Å². The van der Waals surface area contributed by atoms with Crippen molar-refractivity contribution in [2.24, 2.45) is 11.3 Å². The molecule has 0 aromatic heterocycles. The lowest BCUT2D eigenvalue weighted by Gasteiger charge is -2.67. The number of hydrogen-bond acceptors (Lipinski definition) is 10. The first-order chi connectivity index (χ1) is 17.7. The molecule has 6 rings (SSSR count). The molecule has 4 heterocycles. The summed E-state index contributed by atoms with van der Waals surface area (Å²) in [7, 11) is 3.01. The summed E-state index contributed by atoms with van der Waals surface area (Å²) in [6.45, 7) is 11.1. The minimum Gasteiger partial charge on any atom is -0.495 e. The Labute approximate surface area is 221 Å². The molecule has 1 aliphatic carbocycles. The van der Waals surface area contributed by atoms with Gasteiger partial charge in [0.1, 0.15) is 46.6 Å². The molecular weight excluding hydrogens is 496 g/mol. The molecule has 5 aliphatic rings. The molecule has 0 amide bonds. The van der Waals surface area contributed by atoms with Crippen molar-refractivity contribution in [3.05, 3.63) is 22.3 Å². The number of methoxy groups -OCH3 is 2. The van der Waals surface area contributed by atoms with Crippen molar-refractivity contribution in [3.63, 3.8) is 0 Å². The number of ether oxygens (including phenoxy) is 7. The van der Waals surface area contributed by atoms with Crippen LogP contribution in [0.2, 0.25) is 0 Å². The molecule has 0 unspecified atom stereocenters. The molecule has 1 spiro atoms. The number of rotatable bonds is 3. The Morgan fingerprint density at radius 1 is 1.08 bits per heavy atom. The van der Waals surface area contributed by atoms with E-state index in [9.17, 15) is 14.7 Å². The maximum atomic E-state index is 12.7. The smallest absolute Gasteiger partial charge is 0.342 e. The van der Waals surface area contributed by atoms with E-state index in [0.717, 1.165) is 16.7 Å². The van der Waals surface area contributed by atoms with Gasteiger partial charge in [-0.15, -0.1) is 0 Å². The molecule has 10 heteroatoms. The summed E-state index contributed by atoms with van der Waals surface area (Å²) < 4.78 is 42.9. The molecule has 1 aromatic rings. The Kier molecular flexibility index (Phi) is 5.18. The number of hydrogen-bond donors (Lipinski definition) is 1. The van der Waals surface area contributed by atoms with E-state index >= 15 is 0 Å². The molecule has 38 heavy (non-hydrogen) atoms. The van der Waals surface area contributed by atoms with Gasteiger partial charge < -0.3 is 38.3 Å². The lowest BCUT2D eigenvalue weighted by molar-refractivity contribution is -0.410. The maximum Gasteiger partial charge on any atom is 0.342 e. The largest absolute Gasteiger partial charge is 0.495 e. The van der Waals surface area contributed by atoms with Gasteiger partial charge in [0.15, 0.2) is 0 Å². The average Bonchev–Trinajstić information content (AvgIpc) is 3.31. The van der Waals surface area contributed by atoms with E-state index in [4.69, 9.17) is 33.2 Å². The Hall–Kier alpha value is -2.40. The number of fused-ring (bicyclic) bond motifs is 5. The third kappa shape index (κ3) is 2.82. The standard InChI is InChI=1S/C28H36O10/c1-13-16-12-34-23(31)20(16)22(32-7)15-9-17-25(5,36-21(13)15)10-18(30)28-24(3,4)37-27(33-8,38-28)11-19(26(17,28)6)35-14(2)29/h17-19,30H,9-12H2,1-8H3/t17-,18-,19+,25+,26+,27-,28+/m1/s1. The van der Waals surface area contributed by atoms with Gasteiger partial charge in [0.25, 0.3) is 5.97 Å². The zero-order valence-corrected chi connectivity index (χ0v) is 23.2. The highest BCUT2D eigenvalue weighted by Gasteiger charge is 2.84. The van der Waals surface area contributed by atoms with Gasteiger partial charge in [-0.25, -0.2) is 4.79 Å². The third-order valence-corrected chi connectivity index (χ3v) is 10.0. The van der Waals surface area contributed by atoms with Crippen molar-refractivity contribution in [2.75, 3.05) is 14.2 Å². The lowest BCUT2D eigenvalue weighted by Crippen LogP contribution is -2.80. The topological polar surface area (TPSA) is 119 Å². The summed E-state index contributed by atoms with van der Waals surface area (Å²) in [4.78, 5) is 25.1. The van der Waals surface area contributed by atoms with Crippen LogP contribution in [0.25, 0.3) is 0 Å². The molecule has 10 nitrogen and oxygen atoms in total. The second-order valence-corrected chi connectivity index (χ2v) is 12.2. The number of aliphatic hydroxyl groups excluding tert-OH is 1. The van der Waals surface area contributed by atoms with E-state index in [1.54, 1.807) is 0 Å². The number of cyclic esters (lactones) is 1. The van der Waals surface area contributed by atoms with E-state index in [0.29, 0.717) is 23.5 Å². The minimum absolute atomic E-state index is 0.115. The Morgan fingerprint density at radius 3 is 2.42 bits per heavy atom.